The Labute approximate surface area is 203 Å². The maximum Gasteiger partial charge on any atom is 0.410 e. The van der Waals surface area contributed by atoms with Crippen molar-refractivity contribution < 1.29 is 14.3 Å². The molecule has 34 heavy (non-hydrogen) atoms. The summed E-state index contributed by atoms with van der Waals surface area (Å²) in [6.45, 7) is 12.2. The molecule has 1 aliphatic rings. The van der Waals surface area contributed by atoms with Crippen molar-refractivity contribution in [2.75, 3.05) is 31.9 Å². The third kappa shape index (κ3) is 6.19. The summed E-state index contributed by atoms with van der Waals surface area (Å²) in [6, 6.07) is 15.7. The topological polar surface area (TPSA) is 75.9 Å². The molecular formula is C28H37N3O3. The molecule has 182 valence electrons. The van der Waals surface area contributed by atoms with Crippen LogP contribution >= 0.6 is 0 Å². The minimum atomic E-state index is -0.507. The Kier molecular flexibility index (Phi) is 8.02. The van der Waals surface area contributed by atoms with E-state index in [2.05, 4.69) is 0 Å². The molecule has 0 aliphatic carbocycles. The van der Waals surface area contributed by atoms with Gasteiger partial charge in [0.25, 0.3) is 5.91 Å². The number of hydrogen-bond acceptors (Lipinski definition) is 4. The predicted octanol–water partition coefficient (Wildman–Crippen LogP) is 5.58. The zero-order valence-corrected chi connectivity index (χ0v) is 21.1. The number of carbonyl (C=O) groups is 2. The molecule has 0 spiro atoms. The second-order valence-electron chi connectivity index (χ2n) is 9.62. The molecule has 1 fully saturated rings. The summed E-state index contributed by atoms with van der Waals surface area (Å²) in [7, 11) is 0. The van der Waals surface area contributed by atoms with E-state index in [4.69, 9.17) is 10.5 Å². The van der Waals surface area contributed by atoms with Crippen LogP contribution in [0.3, 0.4) is 0 Å². The minimum Gasteiger partial charge on any atom is -0.444 e. The normalized spacial score (nSPS) is 14.0. The Bertz CT molecular complexity index is 1020. The number of nitrogens with two attached hydrogens (primary N) is 1. The van der Waals surface area contributed by atoms with Crippen LogP contribution in [-0.4, -0.2) is 53.6 Å². The number of ether oxygens (including phenoxy) is 1. The van der Waals surface area contributed by atoms with Crippen LogP contribution in [-0.2, 0) is 4.74 Å². The number of anilines is 1. The van der Waals surface area contributed by atoms with Crippen LogP contribution in [0.2, 0.25) is 0 Å². The zero-order valence-electron chi connectivity index (χ0n) is 21.1. The van der Waals surface area contributed by atoms with Crippen molar-refractivity contribution >= 4 is 23.3 Å². The average molecular weight is 464 g/mol. The smallest absolute Gasteiger partial charge is 0.410 e. The maximum absolute atomic E-state index is 12.7. The summed E-state index contributed by atoms with van der Waals surface area (Å²) in [5.41, 5.74) is 11.4. The van der Waals surface area contributed by atoms with Gasteiger partial charge in [-0.05, 0) is 88.4 Å². The van der Waals surface area contributed by atoms with Crippen molar-refractivity contribution in [2.45, 2.75) is 53.1 Å². The molecule has 1 aliphatic heterocycles. The van der Waals surface area contributed by atoms with E-state index in [-0.39, 0.29) is 12.0 Å². The molecule has 1 heterocycles. The lowest BCUT2D eigenvalue weighted by Gasteiger charge is -2.32. The van der Waals surface area contributed by atoms with E-state index in [0.29, 0.717) is 37.4 Å². The molecule has 0 atom stereocenters. The number of hydrogen-bond donors (Lipinski definition) is 1. The molecule has 0 saturated carbocycles. The molecule has 2 N–H and O–H groups in total. The molecule has 0 radical (unpaired) electrons. The SMILES string of the molecule is CCN(CC)C(=O)c1ccc(C(=C2CCN(C(=O)OC(C)(C)C)CC2)c2ccc(N)cc2)cc1. The molecule has 1 saturated heterocycles. The van der Waals surface area contributed by atoms with Crippen LogP contribution in [0, 0.1) is 0 Å². The van der Waals surface area contributed by atoms with Crippen molar-refractivity contribution in [1.29, 1.82) is 0 Å². The van der Waals surface area contributed by atoms with Crippen molar-refractivity contribution in [1.82, 2.24) is 9.80 Å². The first-order valence-corrected chi connectivity index (χ1v) is 12.1. The number of benzene rings is 2. The van der Waals surface area contributed by atoms with Gasteiger partial charge < -0.3 is 20.3 Å². The molecule has 0 bridgehead atoms. The van der Waals surface area contributed by atoms with Gasteiger partial charge in [-0.15, -0.1) is 0 Å². The summed E-state index contributed by atoms with van der Waals surface area (Å²) < 4.78 is 5.55. The van der Waals surface area contributed by atoms with Crippen LogP contribution in [0.4, 0.5) is 10.5 Å². The molecule has 6 heteroatoms. The third-order valence-corrected chi connectivity index (χ3v) is 6.04. The van der Waals surface area contributed by atoms with E-state index < -0.39 is 5.60 Å². The highest BCUT2D eigenvalue weighted by Gasteiger charge is 2.26. The van der Waals surface area contributed by atoms with Gasteiger partial charge in [-0.2, -0.15) is 0 Å². The minimum absolute atomic E-state index is 0.0453. The van der Waals surface area contributed by atoms with Gasteiger partial charge in [-0.3, -0.25) is 4.79 Å². The van der Waals surface area contributed by atoms with Crippen molar-refractivity contribution in [3.05, 3.63) is 70.8 Å². The zero-order chi connectivity index (χ0) is 24.9. The number of likely N-dealkylation sites (tertiary alicyclic amines) is 1. The number of rotatable bonds is 5. The van der Waals surface area contributed by atoms with Gasteiger partial charge in [0.15, 0.2) is 0 Å². The number of carbonyl (C=O) groups excluding carboxylic acids is 2. The van der Waals surface area contributed by atoms with E-state index >= 15 is 0 Å². The quantitative estimate of drug-likeness (QED) is 0.587. The van der Waals surface area contributed by atoms with Crippen LogP contribution in [0.25, 0.3) is 5.57 Å². The maximum atomic E-state index is 12.7. The standard InChI is InChI=1S/C28H37N3O3/c1-6-30(7-2)26(32)23-10-8-20(9-11-23)25(21-12-14-24(29)15-13-21)22-16-18-31(19-17-22)27(33)34-28(3,4)5/h8-15H,6-7,16-19,29H2,1-5H3. The van der Waals surface area contributed by atoms with Crippen LogP contribution < -0.4 is 5.73 Å². The van der Waals surface area contributed by atoms with Gasteiger partial charge in [0.1, 0.15) is 5.60 Å². The molecule has 2 amide bonds. The predicted molar refractivity (Wildman–Crippen MR) is 138 cm³/mol. The lowest BCUT2D eigenvalue weighted by molar-refractivity contribution is 0.0236. The average Bonchev–Trinajstić information content (AvgIpc) is 2.81. The Hall–Kier alpha value is -3.28. The van der Waals surface area contributed by atoms with E-state index in [9.17, 15) is 9.59 Å². The fourth-order valence-corrected chi connectivity index (χ4v) is 4.23. The Morgan fingerprint density at radius 3 is 1.82 bits per heavy atom. The lowest BCUT2D eigenvalue weighted by Crippen LogP contribution is -2.40. The van der Waals surface area contributed by atoms with Crippen molar-refractivity contribution in [2.24, 2.45) is 0 Å². The fourth-order valence-electron chi connectivity index (χ4n) is 4.23. The van der Waals surface area contributed by atoms with Gasteiger partial charge >= 0.3 is 6.09 Å². The highest BCUT2D eigenvalue weighted by molar-refractivity contribution is 5.95. The Balaban J connectivity index is 1.90. The van der Waals surface area contributed by atoms with Crippen LogP contribution in [0.15, 0.2) is 54.1 Å². The number of amides is 2. The highest BCUT2D eigenvalue weighted by Crippen LogP contribution is 2.33. The van der Waals surface area contributed by atoms with Gasteiger partial charge in [0, 0.05) is 37.4 Å². The number of nitrogen functional groups attached to an aromatic ring is 1. The molecule has 3 rings (SSSR count). The largest absolute Gasteiger partial charge is 0.444 e. The third-order valence-electron chi connectivity index (χ3n) is 6.04. The van der Waals surface area contributed by atoms with Gasteiger partial charge in [0.2, 0.25) is 0 Å². The van der Waals surface area contributed by atoms with E-state index in [0.717, 1.165) is 29.5 Å². The molecular weight excluding hydrogens is 426 g/mol. The highest BCUT2D eigenvalue weighted by atomic mass is 16.6. The van der Waals surface area contributed by atoms with E-state index in [1.165, 1.54) is 5.57 Å². The van der Waals surface area contributed by atoms with Gasteiger partial charge in [-0.25, -0.2) is 4.79 Å². The number of nitrogens with zero attached hydrogens (tertiary/aromatic N) is 2. The first-order valence-electron chi connectivity index (χ1n) is 12.1. The summed E-state index contributed by atoms with van der Waals surface area (Å²) in [5.74, 6) is 0.0453. The summed E-state index contributed by atoms with van der Waals surface area (Å²) in [5, 5.41) is 0. The van der Waals surface area contributed by atoms with E-state index in [1.807, 2.05) is 88.0 Å². The second kappa shape index (κ2) is 10.8. The molecule has 6 nitrogen and oxygen atoms in total. The first-order chi connectivity index (χ1) is 16.1. The van der Waals surface area contributed by atoms with Gasteiger partial charge in [-0.1, -0.05) is 29.8 Å². The molecule has 0 unspecified atom stereocenters. The first kappa shape index (κ1) is 25.3. The monoisotopic (exact) mass is 463 g/mol. The Morgan fingerprint density at radius 2 is 1.35 bits per heavy atom. The van der Waals surface area contributed by atoms with Crippen molar-refractivity contribution in [3.63, 3.8) is 0 Å². The Morgan fingerprint density at radius 1 is 0.882 bits per heavy atom. The van der Waals surface area contributed by atoms with Crippen molar-refractivity contribution in [3.8, 4) is 0 Å². The fraction of sp³-hybridized carbons (Fsp3) is 0.429. The lowest BCUT2D eigenvalue weighted by atomic mass is 9.88. The number of piperidine rings is 1. The van der Waals surface area contributed by atoms with Gasteiger partial charge in [0.05, 0.1) is 0 Å². The van der Waals surface area contributed by atoms with Crippen LogP contribution in [0.1, 0.15) is 68.9 Å². The summed E-state index contributed by atoms with van der Waals surface area (Å²) >= 11 is 0. The molecule has 0 aromatic heterocycles. The second-order valence-corrected chi connectivity index (χ2v) is 9.62. The molecule has 2 aromatic carbocycles. The van der Waals surface area contributed by atoms with E-state index in [1.54, 1.807) is 4.90 Å². The summed E-state index contributed by atoms with van der Waals surface area (Å²) in [6.07, 6.45) is 1.26. The summed E-state index contributed by atoms with van der Waals surface area (Å²) in [4.78, 5) is 28.9. The van der Waals surface area contributed by atoms with Crippen LogP contribution in [0.5, 0.6) is 0 Å². The molecule has 2 aromatic rings.